The normalized spacial score (nSPS) is 12.1. The lowest BCUT2D eigenvalue weighted by Crippen LogP contribution is -2.16. The summed E-state index contributed by atoms with van der Waals surface area (Å²) in [5.74, 6) is 0.155. The molecule has 0 unspecified atom stereocenters. The molecular weight excluding hydrogens is 498 g/mol. The summed E-state index contributed by atoms with van der Waals surface area (Å²) in [6.45, 7) is 7.31. The van der Waals surface area contributed by atoms with Crippen LogP contribution in [0.3, 0.4) is 0 Å². The Bertz CT molecular complexity index is 1820. The van der Waals surface area contributed by atoms with Gasteiger partial charge in [-0.15, -0.1) is 0 Å². The zero-order valence-corrected chi connectivity index (χ0v) is 23.0. The van der Waals surface area contributed by atoms with Gasteiger partial charge in [-0.1, -0.05) is 78.0 Å². The van der Waals surface area contributed by atoms with Crippen molar-refractivity contribution in [3.8, 4) is 11.1 Å². The first-order valence-corrected chi connectivity index (χ1v) is 13.3. The van der Waals surface area contributed by atoms with Crippen molar-refractivity contribution in [2.45, 2.75) is 39.3 Å². The molecule has 0 atom stereocenters. The second-order valence-electron chi connectivity index (χ2n) is 10.9. The maximum atomic E-state index is 13.0. The third-order valence-electron chi connectivity index (χ3n) is 7.69. The third kappa shape index (κ3) is 4.17. The summed E-state index contributed by atoms with van der Waals surface area (Å²) in [5.41, 5.74) is 12.5. The fourth-order valence-corrected chi connectivity index (χ4v) is 5.83. The summed E-state index contributed by atoms with van der Waals surface area (Å²) >= 11 is 0. The van der Waals surface area contributed by atoms with Gasteiger partial charge in [-0.05, 0) is 68.1 Å². The Morgan fingerprint density at radius 2 is 1.52 bits per heavy atom. The molecule has 0 bridgehead atoms. The van der Waals surface area contributed by atoms with Crippen LogP contribution in [0.2, 0.25) is 0 Å². The molecule has 6 rings (SSSR count). The zero-order chi connectivity index (χ0) is 28.2. The van der Waals surface area contributed by atoms with Gasteiger partial charge in [-0.3, -0.25) is 4.79 Å². The number of fused-ring (bicyclic) bond motifs is 3. The molecule has 2 heterocycles. The van der Waals surface area contributed by atoms with E-state index < -0.39 is 11.5 Å². The Kier molecular flexibility index (Phi) is 6.08. The maximum Gasteiger partial charge on any atom is 0.249 e. The van der Waals surface area contributed by atoms with E-state index >= 15 is 0 Å². The van der Waals surface area contributed by atoms with E-state index in [4.69, 9.17) is 10.3 Å². The monoisotopic (exact) mass is 529 g/mol. The first-order chi connectivity index (χ1) is 19.1. The molecule has 0 spiro atoms. The summed E-state index contributed by atoms with van der Waals surface area (Å²) in [7, 11) is 0. The van der Waals surface area contributed by atoms with Gasteiger partial charge in [0.2, 0.25) is 5.91 Å². The van der Waals surface area contributed by atoms with Gasteiger partial charge in [0.25, 0.3) is 0 Å². The summed E-state index contributed by atoms with van der Waals surface area (Å²) in [6, 6.07) is 30.2. The van der Waals surface area contributed by atoms with Crippen LogP contribution in [0.5, 0.6) is 0 Å². The highest BCUT2D eigenvalue weighted by atomic mass is 16.5. The van der Waals surface area contributed by atoms with Crippen LogP contribution in [0.4, 0.5) is 0 Å². The van der Waals surface area contributed by atoms with Gasteiger partial charge >= 0.3 is 0 Å². The van der Waals surface area contributed by atoms with Crippen molar-refractivity contribution < 1.29 is 14.4 Å². The van der Waals surface area contributed by atoms with Gasteiger partial charge in [0, 0.05) is 21.9 Å². The minimum absolute atomic E-state index is 0.222. The number of amides is 1. The van der Waals surface area contributed by atoms with Gasteiger partial charge in [-0.2, -0.15) is 0 Å². The average Bonchev–Trinajstić information content (AvgIpc) is 3.44. The summed E-state index contributed by atoms with van der Waals surface area (Å²) in [5, 5.41) is 16.8. The summed E-state index contributed by atoms with van der Waals surface area (Å²) in [6.07, 6.45) is 0. The number of aliphatic hydroxyl groups is 1. The molecule has 0 saturated carbocycles. The Labute approximate surface area is 232 Å². The topological polar surface area (TPSA) is 94.3 Å². The molecule has 0 aliphatic heterocycles. The van der Waals surface area contributed by atoms with E-state index in [1.165, 1.54) is 0 Å². The summed E-state index contributed by atoms with van der Waals surface area (Å²) in [4.78, 5) is 13.0. The van der Waals surface area contributed by atoms with Crippen LogP contribution in [-0.2, 0) is 5.60 Å². The van der Waals surface area contributed by atoms with Crippen LogP contribution >= 0.6 is 0 Å². The number of nitrogens with two attached hydrogens (primary N) is 1. The number of primary amides is 1. The van der Waals surface area contributed by atoms with Crippen LogP contribution in [0, 0.1) is 13.8 Å². The smallest absolute Gasteiger partial charge is 0.249 e. The highest BCUT2D eigenvalue weighted by Gasteiger charge is 2.27. The van der Waals surface area contributed by atoms with E-state index in [1.807, 2.05) is 74.5 Å². The SMILES string of the molecule is Cc1noc(C)c1-c1cc(C(N)=O)c2c3ccc(C(C)(C)O)cc3n(C(c3ccccc3)c3ccccc3)c2c1. The Balaban J connectivity index is 1.82. The van der Waals surface area contributed by atoms with E-state index in [9.17, 15) is 9.90 Å². The van der Waals surface area contributed by atoms with E-state index in [1.54, 1.807) is 13.8 Å². The zero-order valence-electron chi connectivity index (χ0n) is 23.0. The second-order valence-corrected chi connectivity index (χ2v) is 10.9. The van der Waals surface area contributed by atoms with Crippen molar-refractivity contribution in [1.82, 2.24) is 9.72 Å². The van der Waals surface area contributed by atoms with Crippen molar-refractivity contribution >= 4 is 27.7 Å². The standard InChI is InChI=1S/C34H31N3O3/c1-20-30(21(2)40-36-20)24-17-27(33(35)38)31-26-16-15-25(34(3,4)39)19-28(26)37(29(31)18-24)32(22-11-7-5-8-12-22)23-13-9-6-10-14-23/h5-19,32,39H,1-4H3,(H2,35,38). The molecule has 1 amide bonds. The lowest BCUT2D eigenvalue weighted by Gasteiger charge is -2.24. The Hall–Kier alpha value is -4.68. The van der Waals surface area contributed by atoms with Crippen LogP contribution in [0.1, 0.15) is 58.4 Å². The molecule has 40 heavy (non-hydrogen) atoms. The van der Waals surface area contributed by atoms with Gasteiger partial charge in [-0.25, -0.2) is 0 Å². The molecule has 6 nitrogen and oxygen atoms in total. The second kappa shape index (κ2) is 9.50. The van der Waals surface area contributed by atoms with Crippen LogP contribution in [-0.4, -0.2) is 20.7 Å². The van der Waals surface area contributed by atoms with Crippen molar-refractivity contribution in [3.05, 3.63) is 125 Å². The molecule has 6 heteroatoms. The van der Waals surface area contributed by atoms with E-state index in [0.29, 0.717) is 11.3 Å². The number of carbonyl (C=O) groups is 1. The van der Waals surface area contributed by atoms with Crippen LogP contribution < -0.4 is 5.73 Å². The number of carbonyl (C=O) groups excluding carboxylic acids is 1. The Morgan fingerprint density at radius 3 is 2.05 bits per heavy atom. The summed E-state index contributed by atoms with van der Waals surface area (Å²) < 4.78 is 7.75. The van der Waals surface area contributed by atoms with Gasteiger partial charge in [0.1, 0.15) is 5.76 Å². The number of aryl methyl sites for hydroxylation is 2. The van der Waals surface area contributed by atoms with Crippen LogP contribution in [0.25, 0.3) is 32.9 Å². The van der Waals surface area contributed by atoms with Crippen molar-refractivity contribution in [2.75, 3.05) is 0 Å². The van der Waals surface area contributed by atoms with Gasteiger partial charge in [0.15, 0.2) is 0 Å². The lowest BCUT2D eigenvalue weighted by atomic mass is 9.95. The van der Waals surface area contributed by atoms with E-state index in [-0.39, 0.29) is 6.04 Å². The Morgan fingerprint density at radius 1 is 0.900 bits per heavy atom. The van der Waals surface area contributed by atoms with Gasteiger partial charge < -0.3 is 19.9 Å². The van der Waals surface area contributed by atoms with E-state index in [2.05, 4.69) is 40.1 Å². The molecule has 6 aromatic rings. The average molecular weight is 530 g/mol. The molecule has 4 aromatic carbocycles. The third-order valence-corrected chi connectivity index (χ3v) is 7.69. The predicted octanol–water partition coefficient (Wildman–Crippen LogP) is 7.03. The van der Waals surface area contributed by atoms with Crippen molar-refractivity contribution in [3.63, 3.8) is 0 Å². The largest absolute Gasteiger partial charge is 0.386 e. The van der Waals surface area contributed by atoms with Crippen LogP contribution in [0.15, 0.2) is 95.5 Å². The first kappa shape index (κ1) is 25.6. The number of hydrogen-bond acceptors (Lipinski definition) is 4. The highest BCUT2D eigenvalue weighted by Crippen LogP contribution is 2.42. The molecule has 3 N–H and O–H groups in total. The first-order valence-electron chi connectivity index (χ1n) is 13.3. The maximum absolute atomic E-state index is 13.0. The molecule has 200 valence electrons. The molecule has 0 fully saturated rings. The fraction of sp³-hybridized carbons (Fsp3) is 0.176. The number of rotatable bonds is 6. The van der Waals surface area contributed by atoms with Crippen molar-refractivity contribution in [2.24, 2.45) is 5.73 Å². The molecule has 0 saturated heterocycles. The predicted molar refractivity (Wildman–Crippen MR) is 158 cm³/mol. The highest BCUT2D eigenvalue weighted by molar-refractivity contribution is 6.19. The minimum atomic E-state index is -1.06. The number of hydrogen-bond donors (Lipinski definition) is 2. The fourth-order valence-electron chi connectivity index (χ4n) is 5.83. The number of aromatic nitrogens is 2. The lowest BCUT2D eigenvalue weighted by molar-refractivity contribution is 0.0787. The number of benzene rings is 4. The molecule has 0 aliphatic carbocycles. The molecule has 0 radical (unpaired) electrons. The van der Waals surface area contributed by atoms with Gasteiger partial charge in [0.05, 0.1) is 28.4 Å². The molecule has 0 aliphatic rings. The molecule has 2 aromatic heterocycles. The minimum Gasteiger partial charge on any atom is -0.386 e. The van der Waals surface area contributed by atoms with Crippen molar-refractivity contribution in [1.29, 1.82) is 0 Å². The number of nitrogens with zero attached hydrogens (tertiary/aromatic N) is 2. The molecular formula is C34H31N3O3. The quantitative estimate of drug-likeness (QED) is 0.242. The van der Waals surface area contributed by atoms with E-state index in [0.717, 1.165) is 55.3 Å².